The van der Waals surface area contributed by atoms with Gasteiger partial charge in [0, 0.05) is 49.0 Å². The summed E-state index contributed by atoms with van der Waals surface area (Å²) in [7, 11) is 3.48. The van der Waals surface area contributed by atoms with Crippen LogP contribution in [0.25, 0.3) is 33.3 Å². The summed E-state index contributed by atoms with van der Waals surface area (Å²) in [6.07, 6.45) is 3.95. The third-order valence-electron chi connectivity index (χ3n) is 6.21. The second-order valence-electron chi connectivity index (χ2n) is 9.37. The maximum atomic E-state index is 13.4. The van der Waals surface area contributed by atoms with Gasteiger partial charge in [0.1, 0.15) is 11.1 Å². The fourth-order valence-electron chi connectivity index (χ4n) is 4.67. The Morgan fingerprint density at radius 1 is 1.15 bits per heavy atom. The molecule has 4 heterocycles. The molecule has 34 heavy (non-hydrogen) atoms. The van der Waals surface area contributed by atoms with E-state index in [9.17, 15) is 9.59 Å². The molecule has 5 rings (SSSR count). The van der Waals surface area contributed by atoms with Gasteiger partial charge in [-0.1, -0.05) is 25.4 Å². The number of hydrogen-bond donors (Lipinski definition) is 1. The number of benzene rings is 1. The van der Waals surface area contributed by atoms with Gasteiger partial charge in [0.25, 0.3) is 5.56 Å². The molecule has 0 fully saturated rings. The zero-order chi connectivity index (χ0) is 24.3. The minimum absolute atomic E-state index is 0.208. The van der Waals surface area contributed by atoms with Crippen molar-refractivity contribution in [1.29, 1.82) is 0 Å². The van der Waals surface area contributed by atoms with Crippen molar-refractivity contribution in [2.24, 2.45) is 20.0 Å². The summed E-state index contributed by atoms with van der Waals surface area (Å²) in [4.78, 5) is 29.8. The molecule has 8 nitrogen and oxygen atoms in total. The van der Waals surface area contributed by atoms with Crippen molar-refractivity contribution in [2.45, 2.75) is 33.9 Å². The molecule has 1 N–H and O–H groups in total. The number of H-pyrrole nitrogens is 1. The normalized spacial score (nSPS) is 12.0. The van der Waals surface area contributed by atoms with Gasteiger partial charge in [-0.25, -0.2) is 4.79 Å². The molecule has 0 saturated heterocycles. The highest BCUT2D eigenvalue weighted by Crippen LogP contribution is 2.30. The van der Waals surface area contributed by atoms with Crippen LogP contribution in [0.3, 0.4) is 0 Å². The predicted molar refractivity (Wildman–Crippen MR) is 136 cm³/mol. The lowest BCUT2D eigenvalue weighted by atomic mass is 10.1. The second kappa shape index (κ2) is 8.06. The van der Waals surface area contributed by atoms with Crippen LogP contribution in [0.1, 0.15) is 25.0 Å². The lowest BCUT2D eigenvalue weighted by molar-refractivity contribution is 0.498. The van der Waals surface area contributed by atoms with Crippen molar-refractivity contribution in [3.63, 3.8) is 0 Å². The van der Waals surface area contributed by atoms with Gasteiger partial charge in [0.15, 0.2) is 5.65 Å². The standard InChI is InChI=1S/C25H27ClN6O2/c1-14(2)11-31-23-21(24(33)30(5)25(31)34)22(20-8-15(3)12-29(20)4)32(28-23)13-16-10-27-19-7-6-17(26)9-18(16)19/h6-10,12,14,27H,11,13H2,1-5H3. The van der Waals surface area contributed by atoms with Crippen LogP contribution in [0, 0.1) is 12.8 Å². The largest absolute Gasteiger partial charge is 0.361 e. The van der Waals surface area contributed by atoms with Gasteiger partial charge in [-0.05, 0) is 48.2 Å². The fraction of sp³-hybridized carbons (Fsp3) is 0.320. The summed E-state index contributed by atoms with van der Waals surface area (Å²) >= 11 is 6.27. The number of aromatic amines is 1. The monoisotopic (exact) mass is 478 g/mol. The van der Waals surface area contributed by atoms with Crippen molar-refractivity contribution in [3.05, 3.63) is 73.6 Å². The molecule has 0 radical (unpaired) electrons. The van der Waals surface area contributed by atoms with Crippen molar-refractivity contribution < 1.29 is 0 Å². The summed E-state index contributed by atoms with van der Waals surface area (Å²) in [5.74, 6) is 0.208. The van der Waals surface area contributed by atoms with E-state index in [2.05, 4.69) is 4.98 Å². The van der Waals surface area contributed by atoms with Crippen molar-refractivity contribution in [2.75, 3.05) is 0 Å². The molecule has 0 aliphatic rings. The van der Waals surface area contributed by atoms with E-state index in [1.54, 1.807) is 4.57 Å². The second-order valence-corrected chi connectivity index (χ2v) is 9.81. The summed E-state index contributed by atoms with van der Waals surface area (Å²) in [6, 6.07) is 7.75. The molecular formula is C25H27ClN6O2. The lowest BCUT2D eigenvalue weighted by Gasteiger charge is -2.11. The van der Waals surface area contributed by atoms with E-state index < -0.39 is 0 Å². The van der Waals surface area contributed by atoms with E-state index in [-0.39, 0.29) is 17.2 Å². The molecule has 0 bridgehead atoms. The van der Waals surface area contributed by atoms with E-state index in [4.69, 9.17) is 16.7 Å². The zero-order valence-corrected chi connectivity index (χ0v) is 20.6. The Hall–Kier alpha value is -3.52. The van der Waals surface area contributed by atoms with Crippen molar-refractivity contribution in [1.82, 2.24) is 28.5 Å². The van der Waals surface area contributed by atoms with E-state index in [1.807, 2.05) is 73.7 Å². The first-order chi connectivity index (χ1) is 16.2. The number of rotatable bonds is 5. The topological polar surface area (TPSA) is 82.5 Å². The van der Waals surface area contributed by atoms with Gasteiger partial charge in [0.2, 0.25) is 0 Å². The number of nitrogens with one attached hydrogen (secondary N) is 1. The first kappa shape index (κ1) is 22.3. The van der Waals surface area contributed by atoms with Crippen LogP contribution in [0.2, 0.25) is 5.02 Å². The number of aromatic nitrogens is 6. The molecule has 9 heteroatoms. The molecule has 1 aromatic carbocycles. The highest BCUT2D eigenvalue weighted by Gasteiger charge is 2.24. The number of fused-ring (bicyclic) bond motifs is 2. The van der Waals surface area contributed by atoms with Crippen LogP contribution >= 0.6 is 11.6 Å². The Morgan fingerprint density at radius 3 is 2.59 bits per heavy atom. The van der Waals surface area contributed by atoms with Crippen molar-refractivity contribution >= 4 is 33.5 Å². The van der Waals surface area contributed by atoms with E-state index in [0.717, 1.165) is 27.7 Å². The van der Waals surface area contributed by atoms with Gasteiger partial charge in [0.05, 0.1) is 12.2 Å². The van der Waals surface area contributed by atoms with Crippen LogP contribution in [0.15, 0.2) is 46.2 Å². The molecule has 0 atom stereocenters. The van der Waals surface area contributed by atoms with E-state index in [1.165, 1.54) is 11.6 Å². The quantitative estimate of drug-likeness (QED) is 0.413. The third kappa shape index (κ3) is 3.49. The average Bonchev–Trinajstić information content (AvgIpc) is 3.44. The van der Waals surface area contributed by atoms with Gasteiger partial charge in [-0.3, -0.25) is 18.6 Å². The minimum Gasteiger partial charge on any atom is -0.361 e. The number of aryl methyl sites for hydroxylation is 2. The van der Waals surface area contributed by atoms with Gasteiger partial charge in [-0.2, -0.15) is 5.10 Å². The first-order valence-corrected chi connectivity index (χ1v) is 11.6. The van der Waals surface area contributed by atoms with E-state index >= 15 is 0 Å². The highest BCUT2D eigenvalue weighted by atomic mass is 35.5. The molecule has 176 valence electrons. The van der Waals surface area contributed by atoms with Crippen LogP contribution < -0.4 is 11.2 Å². The maximum Gasteiger partial charge on any atom is 0.332 e. The SMILES string of the molecule is Cc1cc(-c2c3c(=O)n(C)c(=O)n(CC(C)C)c3nn2Cc2c[nH]c3ccc(Cl)cc23)n(C)c1. The number of nitrogens with zero attached hydrogens (tertiary/aromatic N) is 5. The van der Waals surface area contributed by atoms with Gasteiger partial charge >= 0.3 is 5.69 Å². The third-order valence-corrected chi connectivity index (χ3v) is 6.44. The Labute approximate surface area is 201 Å². The van der Waals surface area contributed by atoms with Gasteiger partial charge < -0.3 is 9.55 Å². The fourth-order valence-corrected chi connectivity index (χ4v) is 4.85. The van der Waals surface area contributed by atoms with Crippen molar-refractivity contribution in [3.8, 4) is 11.4 Å². The molecule has 0 aliphatic carbocycles. The zero-order valence-electron chi connectivity index (χ0n) is 19.9. The minimum atomic E-state index is -0.357. The first-order valence-electron chi connectivity index (χ1n) is 11.2. The Morgan fingerprint density at radius 2 is 1.91 bits per heavy atom. The van der Waals surface area contributed by atoms with Gasteiger partial charge in [-0.15, -0.1) is 0 Å². The average molecular weight is 479 g/mol. The maximum absolute atomic E-state index is 13.4. The highest BCUT2D eigenvalue weighted by molar-refractivity contribution is 6.31. The molecule has 0 aliphatic heterocycles. The number of hydrogen-bond acceptors (Lipinski definition) is 3. The summed E-state index contributed by atoms with van der Waals surface area (Å²) in [5, 5.41) is 6.96. The van der Waals surface area contributed by atoms with Crippen LogP contribution in [0.5, 0.6) is 0 Å². The molecule has 0 unspecified atom stereocenters. The van der Waals surface area contributed by atoms with Crippen LogP contribution in [-0.2, 0) is 27.2 Å². The van der Waals surface area contributed by atoms with E-state index in [0.29, 0.717) is 34.8 Å². The predicted octanol–water partition coefficient (Wildman–Crippen LogP) is 4.05. The molecule has 0 amide bonds. The summed E-state index contributed by atoms with van der Waals surface area (Å²) in [5.41, 5.74) is 4.31. The smallest absolute Gasteiger partial charge is 0.332 e. The lowest BCUT2D eigenvalue weighted by Crippen LogP contribution is -2.38. The summed E-state index contributed by atoms with van der Waals surface area (Å²) < 4.78 is 6.62. The number of halogens is 1. The molecule has 0 spiro atoms. The molecule has 5 aromatic rings. The Bertz CT molecular complexity index is 1680. The molecule has 0 saturated carbocycles. The Kier molecular flexibility index (Phi) is 5.28. The van der Waals surface area contributed by atoms with Crippen LogP contribution in [0.4, 0.5) is 0 Å². The molecule has 4 aromatic heterocycles. The van der Waals surface area contributed by atoms with Crippen LogP contribution in [-0.4, -0.2) is 28.5 Å². The molecular weight excluding hydrogens is 452 g/mol. The summed E-state index contributed by atoms with van der Waals surface area (Å²) in [6.45, 7) is 6.97. The Balaban J connectivity index is 1.85.